The van der Waals surface area contributed by atoms with Gasteiger partial charge in [0.2, 0.25) is 0 Å². The highest BCUT2D eigenvalue weighted by Gasteiger charge is 2.37. The zero-order valence-electron chi connectivity index (χ0n) is 9.61. The van der Waals surface area contributed by atoms with Crippen LogP contribution in [0.1, 0.15) is 11.1 Å². The lowest BCUT2D eigenvalue weighted by Crippen LogP contribution is -2.18. The molecular weight excluding hydrogens is 287 g/mol. The number of hydrogen-bond donors (Lipinski definition) is 0. The van der Waals surface area contributed by atoms with Gasteiger partial charge in [-0.1, -0.05) is 53.2 Å². The Morgan fingerprint density at radius 3 is 2.50 bits per heavy atom. The Kier molecular flexibility index (Phi) is 2.97. The van der Waals surface area contributed by atoms with Crippen LogP contribution in [-0.4, -0.2) is 7.11 Å². The van der Waals surface area contributed by atoms with Gasteiger partial charge in [-0.2, -0.15) is 0 Å². The minimum atomic E-state index is -1.02. The molecule has 0 N–H and O–H groups in total. The number of fused-ring (bicyclic) bond motifs is 2. The highest BCUT2D eigenvalue weighted by molar-refractivity contribution is 7.99. The zero-order chi connectivity index (χ0) is 12.8. The Hall–Kier alpha value is -0.830. The van der Waals surface area contributed by atoms with Crippen LogP contribution < -0.4 is 4.74 Å². The lowest BCUT2D eigenvalue weighted by Gasteiger charge is -2.30. The molecule has 4 heteroatoms. The van der Waals surface area contributed by atoms with E-state index < -0.39 is 4.33 Å². The summed E-state index contributed by atoms with van der Waals surface area (Å²) >= 11 is 14.8. The van der Waals surface area contributed by atoms with Gasteiger partial charge in [-0.25, -0.2) is 0 Å². The van der Waals surface area contributed by atoms with Crippen LogP contribution in [0.3, 0.4) is 0 Å². The van der Waals surface area contributed by atoms with Gasteiger partial charge in [0, 0.05) is 20.9 Å². The largest absolute Gasteiger partial charge is 0.497 e. The average Bonchev–Trinajstić information content (AvgIpc) is 2.39. The molecule has 3 rings (SSSR count). The quantitative estimate of drug-likeness (QED) is 0.697. The van der Waals surface area contributed by atoms with Gasteiger partial charge in [-0.05, 0) is 24.3 Å². The molecule has 0 saturated carbocycles. The van der Waals surface area contributed by atoms with Crippen LogP contribution in [0.15, 0.2) is 52.3 Å². The monoisotopic (exact) mass is 296 g/mol. The zero-order valence-corrected chi connectivity index (χ0v) is 11.9. The summed E-state index contributed by atoms with van der Waals surface area (Å²) in [6, 6.07) is 13.8. The number of ether oxygens (including phenoxy) is 1. The summed E-state index contributed by atoms with van der Waals surface area (Å²) in [4.78, 5) is 2.17. The van der Waals surface area contributed by atoms with Crippen LogP contribution in [0.25, 0.3) is 0 Å². The average molecular weight is 297 g/mol. The normalized spacial score (nSPS) is 15.7. The first-order valence-corrected chi connectivity index (χ1v) is 7.04. The number of rotatable bonds is 1. The molecule has 18 heavy (non-hydrogen) atoms. The van der Waals surface area contributed by atoms with Crippen molar-refractivity contribution in [2.24, 2.45) is 0 Å². The van der Waals surface area contributed by atoms with E-state index in [1.54, 1.807) is 18.9 Å². The van der Waals surface area contributed by atoms with Gasteiger partial charge in [0.1, 0.15) is 5.75 Å². The fourth-order valence-corrected chi connectivity index (χ4v) is 4.09. The smallest absolute Gasteiger partial charge is 0.170 e. The summed E-state index contributed by atoms with van der Waals surface area (Å²) in [5.74, 6) is 0.763. The molecule has 0 amide bonds. The number of hydrogen-bond acceptors (Lipinski definition) is 2. The first-order valence-electron chi connectivity index (χ1n) is 5.46. The first-order chi connectivity index (χ1) is 8.63. The van der Waals surface area contributed by atoms with E-state index in [0.29, 0.717) is 0 Å². The van der Waals surface area contributed by atoms with Crippen molar-refractivity contribution in [3.8, 4) is 5.75 Å². The second kappa shape index (κ2) is 4.37. The number of methoxy groups -OCH3 is 1. The molecule has 0 radical (unpaired) electrons. The van der Waals surface area contributed by atoms with Crippen molar-refractivity contribution in [2.75, 3.05) is 7.11 Å². The van der Waals surface area contributed by atoms with Gasteiger partial charge in [0.25, 0.3) is 0 Å². The van der Waals surface area contributed by atoms with Crippen LogP contribution in [0.5, 0.6) is 5.75 Å². The van der Waals surface area contributed by atoms with Crippen molar-refractivity contribution in [3.63, 3.8) is 0 Å². The van der Waals surface area contributed by atoms with E-state index in [4.69, 9.17) is 27.9 Å². The first kappa shape index (κ1) is 12.2. The molecule has 2 aromatic rings. The fourth-order valence-electron chi connectivity index (χ4n) is 2.05. The van der Waals surface area contributed by atoms with Crippen LogP contribution in [-0.2, 0) is 4.33 Å². The Morgan fingerprint density at radius 2 is 1.72 bits per heavy atom. The molecule has 0 bridgehead atoms. The van der Waals surface area contributed by atoms with Crippen LogP contribution in [0, 0.1) is 0 Å². The molecule has 92 valence electrons. The highest BCUT2D eigenvalue weighted by atomic mass is 35.5. The minimum absolute atomic E-state index is 0.763. The van der Waals surface area contributed by atoms with Gasteiger partial charge < -0.3 is 4.74 Å². The van der Waals surface area contributed by atoms with Crippen molar-refractivity contribution in [1.82, 2.24) is 0 Å². The van der Waals surface area contributed by atoms with E-state index in [9.17, 15) is 0 Å². The molecule has 0 aliphatic carbocycles. The van der Waals surface area contributed by atoms with Crippen molar-refractivity contribution in [2.45, 2.75) is 14.1 Å². The van der Waals surface area contributed by atoms with Crippen molar-refractivity contribution >= 4 is 35.0 Å². The maximum Gasteiger partial charge on any atom is 0.170 e. The van der Waals surface area contributed by atoms with E-state index >= 15 is 0 Å². The number of alkyl halides is 2. The predicted octanol–water partition coefficient (Wildman–Crippen LogP) is 4.84. The number of benzene rings is 2. The molecular formula is C14H10Cl2OS. The van der Waals surface area contributed by atoms with Gasteiger partial charge in [0.15, 0.2) is 4.33 Å². The van der Waals surface area contributed by atoms with Crippen LogP contribution in [0.2, 0.25) is 0 Å². The second-order valence-corrected chi connectivity index (χ2v) is 6.45. The molecule has 1 heterocycles. The molecule has 2 aromatic carbocycles. The summed E-state index contributed by atoms with van der Waals surface area (Å²) in [5.41, 5.74) is 1.81. The van der Waals surface area contributed by atoms with Gasteiger partial charge in [-0.15, -0.1) is 0 Å². The van der Waals surface area contributed by atoms with Gasteiger partial charge in [-0.3, -0.25) is 0 Å². The SMILES string of the molecule is COc1ccc2c(c1)C(Cl)(Cl)c1ccccc1S2. The Balaban J connectivity index is 2.22. The minimum Gasteiger partial charge on any atom is -0.497 e. The van der Waals surface area contributed by atoms with E-state index in [2.05, 4.69) is 0 Å². The maximum absolute atomic E-state index is 6.56. The Labute approximate surface area is 120 Å². The lowest BCUT2D eigenvalue weighted by atomic mass is 10.0. The third-order valence-electron chi connectivity index (χ3n) is 2.97. The second-order valence-electron chi connectivity index (χ2n) is 4.03. The molecule has 1 aliphatic heterocycles. The maximum atomic E-state index is 6.56. The van der Waals surface area contributed by atoms with Crippen molar-refractivity contribution in [3.05, 3.63) is 53.6 Å². The fraction of sp³-hybridized carbons (Fsp3) is 0.143. The summed E-state index contributed by atoms with van der Waals surface area (Å²) in [6.07, 6.45) is 0. The topological polar surface area (TPSA) is 9.23 Å². The van der Waals surface area contributed by atoms with Crippen LogP contribution in [0.4, 0.5) is 0 Å². The summed E-state index contributed by atoms with van der Waals surface area (Å²) < 4.78 is 4.21. The highest BCUT2D eigenvalue weighted by Crippen LogP contribution is 2.54. The van der Waals surface area contributed by atoms with Crippen molar-refractivity contribution < 1.29 is 4.74 Å². The van der Waals surface area contributed by atoms with E-state index in [1.807, 2.05) is 42.5 Å². The molecule has 1 aliphatic rings. The lowest BCUT2D eigenvalue weighted by molar-refractivity contribution is 0.413. The molecule has 0 aromatic heterocycles. The van der Waals surface area contributed by atoms with Crippen molar-refractivity contribution in [1.29, 1.82) is 0 Å². The third kappa shape index (κ3) is 1.80. The third-order valence-corrected chi connectivity index (χ3v) is 4.94. The van der Waals surface area contributed by atoms with Gasteiger partial charge in [0.05, 0.1) is 7.11 Å². The molecule has 0 atom stereocenters. The molecule has 0 saturated heterocycles. The molecule has 0 spiro atoms. The molecule has 0 fully saturated rings. The molecule has 1 nitrogen and oxygen atoms in total. The summed E-state index contributed by atoms with van der Waals surface area (Å²) in [7, 11) is 1.63. The van der Waals surface area contributed by atoms with E-state index in [-0.39, 0.29) is 0 Å². The standard InChI is InChI=1S/C14H10Cl2OS/c1-17-9-6-7-13-11(8-9)14(15,16)10-4-2-3-5-12(10)18-13/h2-8H,1H3. The predicted molar refractivity (Wildman–Crippen MR) is 76.0 cm³/mol. The Morgan fingerprint density at radius 1 is 1.00 bits per heavy atom. The molecule has 0 unspecified atom stereocenters. The van der Waals surface area contributed by atoms with Crippen LogP contribution >= 0.6 is 35.0 Å². The Bertz CT molecular complexity index is 610. The van der Waals surface area contributed by atoms with E-state index in [1.165, 1.54) is 0 Å². The summed E-state index contributed by atoms with van der Waals surface area (Å²) in [6.45, 7) is 0. The van der Waals surface area contributed by atoms with Gasteiger partial charge >= 0.3 is 0 Å². The van der Waals surface area contributed by atoms with E-state index in [0.717, 1.165) is 26.7 Å². The number of halogens is 2. The summed E-state index contributed by atoms with van der Waals surface area (Å²) in [5, 5.41) is 0.